The maximum atomic E-state index is 12.4. The standard InChI is InChI=1S/C14H22N2O3/c1-3-7-12-8-5-6-10-16(12)14(19)15(9-4-2)11-13(17)18/h2,12H,3,5-11H2,1H3,(H,17,18). The molecule has 0 aromatic heterocycles. The molecule has 1 atom stereocenters. The van der Waals surface area contributed by atoms with Gasteiger partial charge in [-0.15, -0.1) is 6.42 Å². The topological polar surface area (TPSA) is 60.9 Å². The van der Waals surface area contributed by atoms with Crippen molar-refractivity contribution in [1.29, 1.82) is 0 Å². The smallest absolute Gasteiger partial charge is 0.323 e. The van der Waals surface area contributed by atoms with Crippen molar-refractivity contribution in [3.8, 4) is 12.3 Å². The summed E-state index contributed by atoms with van der Waals surface area (Å²) in [5.41, 5.74) is 0. The molecule has 0 bridgehead atoms. The molecule has 0 aliphatic carbocycles. The predicted molar refractivity (Wildman–Crippen MR) is 72.7 cm³/mol. The van der Waals surface area contributed by atoms with E-state index < -0.39 is 5.97 Å². The summed E-state index contributed by atoms with van der Waals surface area (Å²) in [5.74, 6) is 1.32. The van der Waals surface area contributed by atoms with E-state index in [1.807, 2.05) is 0 Å². The van der Waals surface area contributed by atoms with Gasteiger partial charge in [0.2, 0.25) is 0 Å². The second kappa shape index (κ2) is 7.67. The van der Waals surface area contributed by atoms with Crippen LogP contribution in [0.3, 0.4) is 0 Å². The third-order valence-corrected chi connectivity index (χ3v) is 3.37. The number of urea groups is 1. The second-order valence-corrected chi connectivity index (χ2v) is 4.87. The van der Waals surface area contributed by atoms with E-state index >= 15 is 0 Å². The Morgan fingerprint density at radius 2 is 2.21 bits per heavy atom. The quantitative estimate of drug-likeness (QED) is 0.772. The third-order valence-electron chi connectivity index (χ3n) is 3.37. The number of amides is 2. The number of carbonyl (C=O) groups excluding carboxylic acids is 1. The first kappa shape index (κ1) is 15.4. The number of piperidine rings is 1. The van der Waals surface area contributed by atoms with Crippen molar-refractivity contribution >= 4 is 12.0 Å². The molecule has 0 aromatic rings. The summed E-state index contributed by atoms with van der Waals surface area (Å²) in [7, 11) is 0. The monoisotopic (exact) mass is 266 g/mol. The van der Waals surface area contributed by atoms with Crippen LogP contribution in [0.2, 0.25) is 0 Å². The number of terminal acetylenes is 1. The molecule has 1 aliphatic heterocycles. The average Bonchev–Trinajstić information content (AvgIpc) is 2.38. The Hall–Kier alpha value is -1.70. The number of hydrogen-bond donors (Lipinski definition) is 1. The molecule has 19 heavy (non-hydrogen) atoms. The summed E-state index contributed by atoms with van der Waals surface area (Å²) >= 11 is 0. The molecule has 1 unspecified atom stereocenters. The van der Waals surface area contributed by atoms with Crippen molar-refractivity contribution in [2.75, 3.05) is 19.6 Å². The molecule has 1 fully saturated rings. The highest BCUT2D eigenvalue weighted by Crippen LogP contribution is 2.22. The molecule has 1 aliphatic rings. The lowest BCUT2D eigenvalue weighted by Crippen LogP contribution is -2.51. The number of rotatable bonds is 5. The van der Waals surface area contributed by atoms with E-state index in [4.69, 9.17) is 11.5 Å². The van der Waals surface area contributed by atoms with Gasteiger partial charge in [0.05, 0.1) is 6.54 Å². The summed E-state index contributed by atoms with van der Waals surface area (Å²) in [4.78, 5) is 26.2. The molecular weight excluding hydrogens is 244 g/mol. The lowest BCUT2D eigenvalue weighted by atomic mass is 9.98. The molecule has 5 nitrogen and oxygen atoms in total. The Labute approximate surface area is 114 Å². The average molecular weight is 266 g/mol. The van der Waals surface area contributed by atoms with Gasteiger partial charge in [-0.2, -0.15) is 0 Å². The molecule has 5 heteroatoms. The third kappa shape index (κ3) is 4.47. The highest BCUT2D eigenvalue weighted by Gasteiger charge is 2.29. The summed E-state index contributed by atoms with van der Waals surface area (Å²) in [6.45, 7) is 2.50. The number of aliphatic carboxylic acids is 1. The minimum absolute atomic E-state index is 0.0421. The zero-order valence-corrected chi connectivity index (χ0v) is 11.5. The lowest BCUT2D eigenvalue weighted by Gasteiger charge is -2.38. The van der Waals surface area contributed by atoms with Crippen molar-refractivity contribution < 1.29 is 14.7 Å². The van der Waals surface area contributed by atoms with Gasteiger partial charge in [0.25, 0.3) is 0 Å². The lowest BCUT2D eigenvalue weighted by molar-refractivity contribution is -0.137. The van der Waals surface area contributed by atoms with Gasteiger partial charge in [0, 0.05) is 12.6 Å². The van der Waals surface area contributed by atoms with Crippen molar-refractivity contribution in [3.05, 3.63) is 0 Å². The summed E-state index contributed by atoms with van der Waals surface area (Å²) in [6.07, 6.45) is 10.3. The normalized spacial score (nSPS) is 18.7. The van der Waals surface area contributed by atoms with E-state index in [0.29, 0.717) is 6.54 Å². The molecule has 0 saturated carbocycles. The predicted octanol–water partition coefficient (Wildman–Crippen LogP) is 1.78. The highest BCUT2D eigenvalue weighted by atomic mass is 16.4. The Morgan fingerprint density at radius 3 is 2.79 bits per heavy atom. The molecular formula is C14H22N2O3. The molecule has 0 spiro atoms. The van der Waals surface area contributed by atoms with Crippen LogP contribution in [0.5, 0.6) is 0 Å². The largest absolute Gasteiger partial charge is 0.480 e. The Bertz CT molecular complexity index is 360. The highest BCUT2D eigenvalue weighted by molar-refractivity contribution is 5.80. The Balaban J connectivity index is 2.74. The molecule has 0 aromatic carbocycles. The number of nitrogens with zero attached hydrogens (tertiary/aromatic N) is 2. The summed E-state index contributed by atoms with van der Waals surface area (Å²) in [5, 5.41) is 8.85. The van der Waals surface area contributed by atoms with Crippen LogP contribution in [0.1, 0.15) is 39.0 Å². The summed E-state index contributed by atoms with van der Waals surface area (Å²) < 4.78 is 0. The van der Waals surface area contributed by atoms with Crippen LogP contribution in [-0.4, -0.2) is 52.6 Å². The van der Waals surface area contributed by atoms with Crippen LogP contribution < -0.4 is 0 Å². The maximum Gasteiger partial charge on any atom is 0.323 e. The number of carboxylic acid groups (broad SMARTS) is 1. The fourth-order valence-electron chi connectivity index (χ4n) is 2.53. The van der Waals surface area contributed by atoms with Gasteiger partial charge in [-0.1, -0.05) is 19.3 Å². The van der Waals surface area contributed by atoms with E-state index in [1.165, 1.54) is 4.90 Å². The molecule has 1 rings (SSSR count). The van der Waals surface area contributed by atoms with E-state index in [-0.39, 0.29) is 25.2 Å². The first-order valence-electron chi connectivity index (χ1n) is 6.81. The van der Waals surface area contributed by atoms with Crippen molar-refractivity contribution in [3.63, 3.8) is 0 Å². The van der Waals surface area contributed by atoms with Crippen molar-refractivity contribution in [2.24, 2.45) is 0 Å². The number of carboxylic acids is 1. The van der Waals surface area contributed by atoms with Crippen LogP contribution in [0.4, 0.5) is 4.79 Å². The second-order valence-electron chi connectivity index (χ2n) is 4.87. The van der Waals surface area contributed by atoms with Gasteiger partial charge >= 0.3 is 12.0 Å². The van der Waals surface area contributed by atoms with Gasteiger partial charge in [-0.05, 0) is 25.7 Å². The number of carbonyl (C=O) groups is 2. The van der Waals surface area contributed by atoms with Crippen LogP contribution in [0, 0.1) is 12.3 Å². The van der Waals surface area contributed by atoms with Crippen LogP contribution in [0.25, 0.3) is 0 Å². The molecule has 0 radical (unpaired) electrons. The van der Waals surface area contributed by atoms with E-state index in [1.54, 1.807) is 4.90 Å². The summed E-state index contributed by atoms with van der Waals surface area (Å²) in [6, 6.07) is -0.0150. The Kier molecular flexibility index (Phi) is 6.20. The molecule has 1 saturated heterocycles. The van der Waals surface area contributed by atoms with Gasteiger partial charge in [0.1, 0.15) is 6.54 Å². The minimum atomic E-state index is -1.03. The van der Waals surface area contributed by atoms with Gasteiger partial charge in [0.15, 0.2) is 0 Å². The van der Waals surface area contributed by atoms with Crippen LogP contribution in [-0.2, 0) is 4.79 Å². The van der Waals surface area contributed by atoms with Crippen molar-refractivity contribution in [1.82, 2.24) is 9.80 Å². The fourth-order valence-corrected chi connectivity index (χ4v) is 2.53. The maximum absolute atomic E-state index is 12.4. The zero-order valence-electron chi connectivity index (χ0n) is 11.5. The molecule has 1 heterocycles. The van der Waals surface area contributed by atoms with E-state index in [9.17, 15) is 9.59 Å². The van der Waals surface area contributed by atoms with Crippen LogP contribution in [0.15, 0.2) is 0 Å². The zero-order chi connectivity index (χ0) is 14.3. The van der Waals surface area contributed by atoms with Gasteiger partial charge in [-0.3, -0.25) is 4.79 Å². The Morgan fingerprint density at radius 1 is 1.47 bits per heavy atom. The van der Waals surface area contributed by atoms with Gasteiger partial charge in [-0.25, -0.2) is 4.79 Å². The molecule has 2 amide bonds. The van der Waals surface area contributed by atoms with Crippen molar-refractivity contribution in [2.45, 2.75) is 45.1 Å². The SMILES string of the molecule is C#CCN(CC(=O)O)C(=O)N1CCCCC1CCC. The van der Waals surface area contributed by atoms with E-state index in [0.717, 1.165) is 32.1 Å². The number of hydrogen-bond acceptors (Lipinski definition) is 2. The molecule has 106 valence electrons. The van der Waals surface area contributed by atoms with E-state index in [2.05, 4.69) is 12.8 Å². The first-order chi connectivity index (χ1) is 9.10. The fraction of sp³-hybridized carbons (Fsp3) is 0.714. The number of likely N-dealkylation sites (tertiary alicyclic amines) is 1. The first-order valence-corrected chi connectivity index (χ1v) is 6.81. The van der Waals surface area contributed by atoms with Gasteiger partial charge < -0.3 is 14.9 Å². The minimum Gasteiger partial charge on any atom is -0.480 e. The molecule has 1 N–H and O–H groups in total. The van der Waals surface area contributed by atoms with Crippen LogP contribution >= 0.6 is 0 Å².